The van der Waals surface area contributed by atoms with Crippen molar-refractivity contribution in [2.45, 2.75) is 31.9 Å². The third-order valence-corrected chi connectivity index (χ3v) is 4.70. The molecule has 1 saturated carbocycles. The highest BCUT2D eigenvalue weighted by atomic mass is 16.6. The lowest BCUT2D eigenvalue weighted by molar-refractivity contribution is -0.128. The van der Waals surface area contributed by atoms with Gasteiger partial charge < -0.3 is 20.3 Å². The van der Waals surface area contributed by atoms with Gasteiger partial charge >= 0.3 is 6.09 Å². The largest absolute Gasteiger partial charge is 0.445 e. The predicted molar refractivity (Wildman–Crippen MR) is 90.1 cm³/mol. The summed E-state index contributed by atoms with van der Waals surface area (Å²) in [5.41, 5.74) is 6.41. The lowest BCUT2D eigenvalue weighted by Gasteiger charge is -2.25. The smallest absolute Gasteiger partial charge is 0.410 e. The van der Waals surface area contributed by atoms with E-state index in [0.29, 0.717) is 31.7 Å². The first-order valence-corrected chi connectivity index (χ1v) is 8.62. The van der Waals surface area contributed by atoms with Gasteiger partial charge in [-0.05, 0) is 30.7 Å². The molecule has 6 heteroatoms. The Morgan fingerprint density at radius 1 is 1.21 bits per heavy atom. The van der Waals surface area contributed by atoms with E-state index < -0.39 is 0 Å². The summed E-state index contributed by atoms with van der Waals surface area (Å²) < 4.78 is 5.48. The molecule has 2 fully saturated rings. The lowest BCUT2D eigenvalue weighted by Crippen LogP contribution is -2.39. The molecule has 0 radical (unpaired) electrons. The number of likely N-dealkylation sites (tertiary alicyclic amines) is 1. The van der Waals surface area contributed by atoms with E-state index in [1.54, 1.807) is 4.90 Å². The van der Waals surface area contributed by atoms with Crippen LogP contribution in [0.15, 0.2) is 30.3 Å². The van der Waals surface area contributed by atoms with Crippen molar-refractivity contribution in [1.29, 1.82) is 0 Å². The van der Waals surface area contributed by atoms with Crippen LogP contribution in [0.5, 0.6) is 0 Å². The molecule has 1 aromatic carbocycles. The quantitative estimate of drug-likeness (QED) is 0.859. The van der Waals surface area contributed by atoms with E-state index in [9.17, 15) is 9.59 Å². The molecule has 2 aliphatic rings. The number of ether oxygens (including phenoxy) is 1. The van der Waals surface area contributed by atoms with Gasteiger partial charge in [0.2, 0.25) is 5.91 Å². The van der Waals surface area contributed by atoms with E-state index in [4.69, 9.17) is 10.5 Å². The van der Waals surface area contributed by atoms with Crippen molar-refractivity contribution in [3.05, 3.63) is 35.9 Å². The van der Waals surface area contributed by atoms with Crippen LogP contribution >= 0.6 is 0 Å². The summed E-state index contributed by atoms with van der Waals surface area (Å²) in [5.74, 6) is 0.299. The minimum absolute atomic E-state index is 0.0119. The van der Waals surface area contributed by atoms with Gasteiger partial charge in [-0.15, -0.1) is 0 Å². The van der Waals surface area contributed by atoms with Gasteiger partial charge in [-0.3, -0.25) is 4.79 Å². The highest BCUT2D eigenvalue weighted by molar-refractivity contribution is 5.78. The highest BCUT2D eigenvalue weighted by Crippen LogP contribution is 2.30. The van der Waals surface area contributed by atoms with Crippen molar-refractivity contribution in [2.24, 2.45) is 11.7 Å². The Morgan fingerprint density at radius 2 is 1.96 bits per heavy atom. The SMILES string of the molecule is NCC(=O)N1CC[C@@H](CN(C(=O)OCc2ccccc2)C2CC2)C1. The molecule has 24 heavy (non-hydrogen) atoms. The molecule has 1 heterocycles. The van der Waals surface area contributed by atoms with Crippen LogP contribution in [-0.4, -0.2) is 54.0 Å². The summed E-state index contributed by atoms with van der Waals surface area (Å²) in [6.07, 6.45) is 2.75. The number of hydrogen-bond acceptors (Lipinski definition) is 4. The van der Waals surface area contributed by atoms with Gasteiger partial charge in [0.05, 0.1) is 6.54 Å². The molecule has 0 aromatic heterocycles. The van der Waals surface area contributed by atoms with Crippen molar-refractivity contribution in [2.75, 3.05) is 26.2 Å². The normalized spacial score (nSPS) is 20.0. The summed E-state index contributed by atoms with van der Waals surface area (Å²) in [5, 5.41) is 0. The monoisotopic (exact) mass is 331 g/mol. The molecule has 1 saturated heterocycles. The molecular weight excluding hydrogens is 306 g/mol. The average Bonchev–Trinajstić information content (AvgIpc) is 3.35. The number of hydrogen-bond donors (Lipinski definition) is 1. The zero-order chi connectivity index (χ0) is 16.9. The Hall–Kier alpha value is -2.08. The Labute approximate surface area is 142 Å². The van der Waals surface area contributed by atoms with Gasteiger partial charge in [0.15, 0.2) is 0 Å². The number of nitrogens with two attached hydrogens (primary N) is 1. The third kappa shape index (κ3) is 4.26. The highest BCUT2D eigenvalue weighted by Gasteiger charge is 2.37. The van der Waals surface area contributed by atoms with Crippen molar-refractivity contribution >= 4 is 12.0 Å². The molecule has 1 aromatic rings. The van der Waals surface area contributed by atoms with E-state index in [-0.39, 0.29) is 18.5 Å². The second-order valence-electron chi connectivity index (χ2n) is 6.62. The molecule has 1 aliphatic carbocycles. The minimum atomic E-state index is -0.245. The molecule has 6 nitrogen and oxygen atoms in total. The zero-order valence-electron chi connectivity index (χ0n) is 13.9. The van der Waals surface area contributed by atoms with Crippen molar-refractivity contribution in [3.63, 3.8) is 0 Å². The van der Waals surface area contributed by atoms with Crippen LogP contribution in [0, 0.1) is 5.92 Å². The van der Waals surface area contributed by atoms with Gasteiger partial charge in [-0.1, -0.05) is 30.3 Å². The summed E-state index contributed by atoms with van der Waals surface area (Å²) >= 11 is 0. The summed E-state index contributed by atoms with van der Waals surface area (Å²) in [7, 11) is 0. The van der Waals surface area contributed by atoms with E-state index in [1.807, 2.05) is 35.2 Å². The fourth-order valence-corrected chi connectivity index (χ4v) is 3.18. The second-order valence-corrected chi connectivity index (χ2v) is 6.62. The maximum Gasteiger partial charge on any atom is 0.410 e. The molecule has 2 amide bonds. The van der Waals surface area contributed by atoms with Crippen molar-refractivity contribution in [1.82, 2.24) is 9.80 Å². The van der Waals surface area contributed by atoms with Crippen molar-refractivity contribution in [3.8, 4) is 0 Å². The molecule has 0 spiro atoms. The van der Waals surface area contributed by atoms with Crippen LogP contribution in [0.3, 0.4) is 0 Å². The van der Waals surface area contributed by atoms with Crippen LogP contribution in [-0.2, 0) is 16.1 Å². The molecular formula is C18H25N3O3. The fourth-order valence-electron chi connectivity index (χ4n) is 3.18. The zero-order valence-corrected chi connectivity index (χ0v) is 13.9. The van der Waals surface area contributed by atoms with E-state index in [2.05, 4.69) is 0 Å². The van der Waals surface area contributed by atoms with Gasteiger partial charge in [0.1, 0.15) is 6.61 Å². The lowest BCUT2D eigenvalue weighted by atomic mass is 10.1. The van der Waals surface area contributed by atoms with Crippen LogP contribution in [0.1, 0.15) is 24.8 Å². The Bertz CT molecular complexity index is 574. The summed E-state index contributed by atoms with van der Waals surface area (Å²) in [6.45, 7) is 2.43. The number of nitrogens with zero attached hydrogens (tertiary/aromatic N) is 2. The molecule has 0 unspecified atom stereocenters. The summed E-state index contributed by atoms with van der Waals surface area (Å²) in [4.78, 5) is 27.8. The topological polar surface area (TPSA) is 75.9 Å². The van der Waals surface area contributed by atoms with Gasteiger partial charge in [0.25, 0.3) is 0 Å². The number of carbonyl (C=O) groups is 2. The second kappa shape index (κ2) is 7.66. The molecule has 1 aliphatic heterocycles. The molecule has 0 bridgehead atoms. The first kappa shape index (κ1) is 16.8. The first-order valence-electron chi connectivity index (χ1n) is 8.62. The Morgan fingerprint density at radius 3 is 2.62 bits per heavy atom. The average molecular weight is 331 g/mol. The Kier molecular flexibility index (Phi) is 5.35. The number of rotatable bonds is 6. The van der Waals surface area contributed by atoms with Crippen LogP contribution in [0.2, 0.25) is 0 Å². The fraction of sp³-hybridized carbons (Fsp3) is 0.556. The van der Waals surface area contributed by atoms with Gasteiger partial charge in [-0.2, -0.15) is 0 Å². The standard InChI is InChI=1S/C18H25N3O3/c19-10-17(22)20-9-8-15(11-20)12-21(16-6-7-16)18(23)24-13-14-4-2-1-3-5-14/h1-5,15-16H,6-13,19H2/t15-/m1/s1. The summed E-state index contributed by atoms with van der Waals surface area (Å²) in [6, 6.07) is 10.0. The van der Waals surface area contributed by atoms with Crippen LogP contribution in [0.25, 0.3) is 0 Å². The van der Waals surface area contributed by atoms with E-state index in [1.165, 1.54) is 0 Å². The molecule has 3 rings (SSSR count). The van der Waals surface area contributed by atoms with E-state index in [0.717, 1.165) is 31.4 Å². The third-order valence-electron chi connectivity index (χ3n) is 4.70. The minimum Gasteiger partial charge on any atom is -0.445 e. The molecule has 130 valence electrons. The number of carbonyl (C=O) groups excluding carboxylic acids is 2. The number of amides is 2. The Balaban J connectivity index is 1.51. The maximum absolute atomic E-state index is 12.5. The first-order chi connectivity index (χ1) is 11.7. The molecule has 1 atom stereocenters. The van der Waals surface area contributed by atoms with Gasteiger partial charge in [0, 0.05) is 25.7 Å². The number of benzene rings is 1. The van der Waals surface area contributed by atoms with Gasteiger partial charge in [-0.25, -0.2) is 4.79 Å². The van der Waals surface area contributed by atoms with Crippen LogP contribution < -0.4 is 5.73 Å². The molecule has 2 N–H and O–H groups in total. The maximum atomic E-state index is 12.5. The van der Waals surface area contributed by atoms with E-state index >= 15 is 0 Å². The van der Waals surface area contributed by atoms with Crippen molar-refractivity contribution < 1.29 is 14.3 Å². The predicted octanol–water partition coefficient (Wildman–Crippen LogP) is 1.59. The van der Waals surface area contributed by atoms with Crippen LogP contribution in [0.4, 0.5) is 4.79 Å².